The number of alkyl halides is 3. The van der Waals surface area contributed by atoms with E-state index in [1.165, 1.54) is 17.9 Å². The first kappa shape index (κ1) is 21.8. The van der Waals surface area contributed by atoms with Gasteiger partial charge in [0.25, 0.3) is 9.84 Å². The van der Waals surface area contributed by atoms with Crippen molar-refractivity contribution < 1.29 is 31.1 Å². The van der Waals surface area contributed by atoms with Crippen LogP contribution >= 0.6 is 11.6 Å². The number of hydrogen-bond donors (Lipinski definition) is 1. The van der Waals surface area contributed by atoms with E-state index in [4.69, 9.17) is 16.3 Å². The van der Waals surface area contributed by atoms with E-state index in [9.17, 15) is 26.4 Å². The summed E-state index contributed by atoms with van der Waals surface area (Å²) < 4.78 is 67.7. The summed E-state index contributed by atoms with van der Waals surface area (Å²) in [6.45, 7) is 1.68. The Hall–Kier alpha value is -2.53. The van der Waals surface area contributed by atoms with E-state index in [0.717, 1.165) is 18.2 Å². The van der Waals surface area contributed by atoms with Crippen LogP contribution in [0.5, 0.6) is 5.75 Å². The monoisotopic (exact) mass is 437 g/mol. The van der Waals surface area contributed by atoms with Crippen LogP contribution in [-0.4, -0.2) is 36.7 Å². The molecule has 0 unspecified atom stereocenters. The number of halogens is 4. The van der Waals surface area contributed by atoms with Crippen molar-refractivity contribution in [3.8, 4) is 5.75 Å². The van der Waals surface area contributed by atoms with Gasteiger partial charge in [-0.25, -0.2) is 8.42 Å². The zero-order chi connectivity index (χ0) is 21.3. The van der Waals surface area contributed by atoms with E-state index in [0.29, 0.717) is 17.3 Å². The Kier molecular flexibility index (Phi) is 6.09. The second-order valence-electron chi connectivity index (χ2n) is 5.55. The topological polar surface area (TPSA) is 90.3 Å². The maximum Gasteiger partial charge on any atom is 0.501 e. The number of aromatic nitrogens is 2. The molecule has 1 heterocycles. The molecule has 152 valence electrons. The molecule has 1 aromatic heterocycles. The number of benzene rings is 1. The van der Waals surface area contributed by atoms with Crippen molar-refractivity contribution >= 4 is 39.1 Å². The predicted octanol–water partition coefficient (Wildman–Crippen LogP) is 3.34. The number of sulfone groups is 1. The summed E-state index contributed by atoms with van der Waals surface area (Å²) >= 11 is 6.04. The smallest absolute Gasteiger partial charge is 0.495 e. The molecule has 0 aliphatic heterocycles. The van der Waals surface area contributed by atoms with Crippen LogP contribution in [0.25, 0.3) is 6.08 Å². The van der Waals surface area contributed by atoms with Gasteiger partial charge >= 0.3 is 5.51 Å². The van der Waals surface area contributed by atoms with Gasteiger partial charge in [-0.05, 0) is 31.2 Å². The highest BCUT2D eigenvalue weighted by Gasteiger charge is 2.47. The highest BCUT2D eigenvalue weighted by molar-refractivity contribution is 7.92. The minimum atomic E-state index is -5.58. The van der Waals surface area contributed by atoms with Gasteiger partial charge < -0.3 is 10.1 Å². The molecule has 2 aromatic rings. The molecule has 1 N–H and O–H groups in total. The lowest BCUT2D eigenvalue weighted by Gasteiger charge is -2.13. The molecule has 0 radical (unpaired) electrons. The summed E-state index contributed by atoms with van der Waals surface area (Å²) in [5.41, 5.74) is -4.67. The Balaban J connectivity index is 2.33. The first-order valence-electron chi connectivity index (χ1n) is 7.56. The van der Waals surface area contributed by atoms with Crippen LogP contribution in [0.1, 0.15) is 11.3 Å². The average molecular weight is 438 g/mol. The fourth-order valence-corrected chi connectivity index (χ4v) is 3.28. The molecule has 0 bridgehead atoms. The van der Waals surface area contributed by atoms with Crippen molar-refractivity contribution in [3.05, 3.63) is 40.7 Å². The summed E-state index contributed by atoms with van der Waals surface area (Å²) in [6, 6.07) is 2.43. The number of ether oxygens (including phenoxy) is 1. The van der Waals surface area contributed by atoms with Crippen LogP contribution in [0.4, 0.5) is 18.9 Å². The number of anilines is 1. The quantitative estimate of drug-likeness (QED) is 0.724. The van der Waals surface area contributed by atoms with Gasteiger partial charge in [-0.1, -0.05) is 11.6 Å². The summed E-state index contributed by atoms with van der Waals surface area (Å²) in [5.74, 6) is -0.752. The Morgan fingerprint density at radius 2 is 2.00 bits per heavy atom. The maximum atomic E-state index is 12.7. The number of methoxy groups -OCH3 is 1. The second kappa shape index (κ2) is 7.84. The molecular weight excluding hydrogens is 423 g/mol. The molecule has 2 rings (SSSR count). The number of amides is 1. The lowest BCUT2D eigenvalue weighted by molar-refractivity contribution is -0.111. The molecule has 28 heavy (non-hydrogen) atoms. The van der Waals surface area contributed by atoms with E-state index >= 15 is 0 Å². The fraction of sp³-hybridized carbons (Fsp3) is 0.250. The maximum absolute atomic E-state index is 12.7. The van der Waals surface area contributed by atoms with Crippen LogP contribution in [-0.2, 0) is 21.7 Å². The molecule has 7 nitrogen and oxygen atoms in total. The number of carbonyl (C=O) groups excluding carboxylic acids is 1. The van der Waals surface area contributed by atoms with Gasteiger partial charge in [-0.3, -0.25) is 9.48 Å². The van der Waals surface area contributed by atoms with Crippen LogP contribution < -0.4 is 10.1 Å². The minimum Gasteiger partial charge on any atom is -0.495 e. The average Bonchev–Trinajstić information content (AvgIpc) is 2.84. The predicted molar refractivity (Wildman–Crippen MR) is 96.9 cm³/mol. The van der Waals surface area contributed by atoms with Gasteiger partial charge in [-0.15, -0.1) is 0 Å². The third kappa shape index (κ3) is 4.30. The first-order chi connectivity index (χ1) is 12.9. The van der Waals surface area contributed by atoms with Gasteiger partial charge in [-0.2, -0.15) is 18.3 Å². The summed E-state index contributed by atoms with van der Waals surface area (Å²) in [6.07, 6.45) is 2.46. The van der Waals surface area contributed by atoms with Gasteiger partial charge in [0.05, 0.1) is 23.4 Å². The summed E-state index contributed by atoms with van der Waals surface area (Å²) in [7, 11) is -2.74. The molecule has 0 saturated heterocycles. The van der Waals surface area contributed by atoms with Crippen molar-refractivity contribution in [1.29, 1.82) is 0 Å². The van der Waals surface area contributed by atoms with Crippen LogP contribution in [0.3, 0.4) is 0 Å². The van der Waals surface area contributed by atoms with Crippen molar-refractivity contribution in [2.45, 2.75) is 17.3 Å². The number of hydrogen-bond acceptors (Lipinski definition) is 5. The molecule has 0 spiro atoms. The van der Waals surface area contributed by atoms with Crippen molar-refractivity contribution in [2.75, 3.05) is 12.4 Å². The minimum absolute atomic E-state index is 0.0153. The summed E-state index contributed by atoms with van der Waals surface area (Å²) in [5, 5.41) is 6.65. The SMILES string of the molecule is COc1ccc(S(=O)(=O)C(F)(F)F)cc1NC(=O)/C=C/c1c(C)nn(C)c1Cl. The van der Waals surface area contributed by atoms with Crippen LogP contribution in [0, 0.1) is 6.92 Å². The van der Waals surface area contributed by atoms with Gasteiger partial charge in [0.15, 0.2) is 0 Å². The van der Waals surface area contributed by atoms with Gasteiger partial charge in [0, 0.05) is 18.7 Å². The largest absolute Gasteiger partial charge is 0.501 e. The Morgan fingerprint density at radius 3 is 2.50 bits per heavy atom. The molecule has 12 heteroatoms. The van der Waals surface area contributed by atoms with Gasteiger partial charge in [0.1, 0.15) is 10.9 Å². The molecule has 1 aromatic carbocycles. The molecule has 0 aliphatic carbocycles. The highest BCUT2D eigenvalue weighted by Crippen LogP contribution is 2.34. The molecule has 0 saturated carbocycles. The third-order valence-electron chi connectivity index (χ3n) is 3.64. The molecule has 0 atom stereocenters. The molecule has 0 aliphatic rings. The fourth-order valence-electron chi connectivity index (χ4n) is 2.25. The zero-order valence-electron chi connectivity index (χ0n) is 14.8. The molecular formula is C16H15ClF3N3O4S. The number of aryl methyl sites for hydroxylation is 2. The molecule has 0 fully saturated rings. The van der Waals surface area contributed by atoms with Crippen molar-refractivity contribution in [3.63, 3.8) is 0 Å². The second-order valence-corrected chi connectivity index (χ2v) is 7.85. The number of carbonyl (C=O) groups is 1. The van der Waals surface area contributed by atoms with E-state index < -0.39 is 26.1 Å². The van der Waals surface area contributed by atoms with Crippen LogP contribution in [0.2, 0.25) is 5.15 Å². The normalized spacial score (nSPS) is 12.4. The zero-order valence-corrected chi connectivity index (χ0v) is 16.4. The van der Waals surface area contributed by atoms with E-state index in [1.54, 1.807) is 14.0 Å². The lowest BCUT2D eigenvalue weighted by atomic mass is 10.2. The number of rotatable bonds is 5. The summed E-state index contributed by atoms with van der Waals surface area (Å²) in [4.78, 5) is 11.1. The molecule has 1 amide bonds. The van der Waals surface area contributed by atoms with E-state index in [2.05, 4.69) is 10.4 Å². The van der Waals surface area contributed by atoms with Crippen molar-refractivity contribution in [1.82, 2.24) is 9.78 Å². The standard InChI is InChI=1S/C16H15ClF3N3O4S/c1-9-11(15(17)23(2)22-9)5-7-14(24)21-12-8-10(4-6-13(12)27-3)28(25,26)16(18,19)20/h4-8H,1-3H3,(H,21,24)/b7-5+. The Labute approximate surface area is 163 Å². The van der Waals surface area contributed by atoms with Gasteiger partial charge in [0.2, 0.25) is 5.91 Å². The number of nitrogens with one attached hydrogen (secondary N) is 1. The Morgan fingerprint density at radius 1 is 1.36 bits per heavy atom. The highest BCUT2D eigenvalue weighted by atomic mass is 35.5. The van der Waals surface area contributed by atoms with E-state index in [1.807, 2.05) is 0 Å². The first-order valence-corrected chi connectivity index (χ1v) is 9.42. The van der Waals surface area contributed by atoms with E-state index in [-0.39, 0.29) is 16.6 Å². The number of nitrogens with zero attached hydrogens (tertiary/aromatic N) is 2. The van der Waals surface area contributed by atoms with Crippen molar-refractivity contribution in [2.24, 2.45) is 7.05 Å². The third-order valence-corrected chi connectivity index (χ3v) is 5.57. The Bertz CT molecular complexity index is 1050. The van der Waals surface area contributed by atoms with Crippen LogP contribution in [0.15, 0.2) is 29.2 Å². The lowest BCUT2D eigenvalue weighted by Crippen LogP contribution is -2.23.